The van der Waals surface area contributed by atoms with Crippen molar-refractivity contribution in [3.8, 4) is 23.0 Å². The van der Waals surface area contributed by atoms with Crippen LogP contribution in [0.4, 0.5) is 0 Å². The van der Waals surface area contributed by atoms with E-state index in [-0.39, 0.29) is 11.9 Å². The Hall–Kier alpha value is -3.15. The maximum Gasteiger partial charge on any atom is 0.334 e. The molecule has 1 unspecified atom stereocenters. The molecule has 28 heavy (non-hydrogen) atoms. The molecule has 2 aliphatic rings. The van der Waals surface area contributed by atoms with E-state index in [0.29, 0.717) is 43.3 Å². The Morgan fingerprint density at radius 2 is 1.75 bits per heavy atom. The van der Waals surface area contributed by atoms with Crippen LogP contribution in [0.25, 0.3) is 6.08 Å². The second-order valence-corrected chi connectivity index (χ2v) is 6.69. The summed E-state index contributed by atoms with van der Waals surface area (Å²) < 4.78 is 27.2. The zero-order valence-electron chi connectivity index (χ0n) is 15.9. The van der Waals surface area contributed by atoms with Gasteiger partial charge in [-0.25, -0.2) is 4.79 Å². The quantitative estimate of drug-likeness (QED) is 0.584. The number of esters is 1. The summed E-state index contributed by atoms with van der Waals surface area (Å²) in [7, 11) is 3.18. The van der Waals surface area contributed by atoms with E-state index in [9.17, 15) is 4.79 Å². The third-order valence-corrected chi connectivity index (χ3v) is 4.91. The lowest BCUT2D eigenvalue weighted by molar-refractivity contribution is -0.135. The first kappa shape index (κ1) is 18.2. The number of ether oxygens (including phenoxy) is 5. The number of methoxy groups -OCH3 is 2. The summed E-state index contributed by atoms with van der Waals surface area (Å²) in [5.41, 5.74) is 2.59. The molecule has 0 aliphatic carbocycles. The second kappa shape index (κ2) is 7.84. The molecule has 4 rings (SSSR count). The molecule has 2 aromatic rings. The molecule has 1 fully saturated rings. The number of cyclic esters (lactones) is 1. The van der Waals surface area contributed by atoms with Gasteiger partial charge in [-0.2, -0.15) is 0 Å². The van der Waals surface area contributed by atoms with Crippen LogP contribution >= 0.6 is 0 Å². The van der Waals surface area contributed by atoms with Gasteiger partial charge in [0.05, 0.1) is 20.8 Å². The van der Waals surface area contributed by atoms with Crippen molar-refractivity contribution in [2.45, 2.75) is 6.42 Å². The fourth-order valence-electron chi connectivity index (χ4n) is 3.48. The van der Waals surface area contributed by atoms with Gasteiger partial charge in [0.1, 0.15) is 13.2 Å². The molecule has 2 aromatic carbocycles. The van der Waals surface area contributed by atoms with Crippen molar-refractivity contribution in [1.29, 1.82) is 0 Å². The molecule has 2 aliphatic heterocycles. The molecule has 0 saturated carbocycles. The van der Waals surface area contributed by atoms with E-state index in [4.69, 9.17) is 23.7 Å². The molecule has 0 aromatic heterocycles. The van der Waals surface area contributed by atoms with E-state index in [0.717, 1.165) is 22.6 Å². The largest absolute Gasteiger partial charge is 0.493 e. The summed E-state index contributed by atoms with van der Waals surface area (Å²) in [6.45, 7) is 1.48. The van der Waals surface area contributed by atoms with Gasteiger partial charge in [-0.05, 0) is 47.9 Å². The van der Waals surface area contributed by atoms with Gasteiger partial charge in [-0.15, -0.1) is 0 Å². The molecule has 0 bridgehead atoms. The molecule has 146 valence electrons. The number of hydrogen-bond donors (Lipinski definition) is 0. The average Bonchev–Trinajstić information content (AvgIpc) is 3.07. The highest BCUT2D eigenvalue weighted by Gasteiger charge is 2.31. The summed E-state index contributed by atoms with van der Waals surface area (Å²) in [4.78, 5) is 12.3. The Morgan fingerprint density at radius 1 is 0.964 bits per heavy atom. The van der Waals surface area contributed by atoms with Crippen molar-refractivity contribution in [2.75, 3.05) is 34.0 Å². The van der Waals surface area contributed by atoms with Crippen LogP contribution in [-0.4, -0.2) is 40.0 Å². The van der Waals surface area contributed by atoms with Crippen molar-refractivity contribution in [1.82, 2.24) is 0 Å². The maximum absolute atomic E-state index is 12.3. The third-order valence-electron chi connectivity index (χ3n) is 4.91. The Bertz CT molecular complexity index is 917. The summed E-state index contributed by atoms with van der Waals surface area (Å²) >= 11 is 0. The van der Waals surface area contributed by atoms with Crippen LogP contribution in [0.2, 0.25) is 0 Å². The minimum absolute atomic E-state index is 0.0249. The Labute approximate surface area is 163 Å². The standard InChI is InChI=1S/C22H22O6/c1-24-18-5-3-15(11-20(18)25-2)10-17-16(13-28-22(17)23)9-14-4-6-19-21(12-14)27-8-7-26-19/h3-6,10-12,16H,7-9,13H2,1-2H3. The number of carbonyl (C=O) groups excluding carboxylic acids is 1. The van der Waals surface area contributed by atoms with Gasteiger partial charge < -0.3 is 23.7 Å². The highest BCUT2D eigenvalue weighted by Crippen LogP contribution is 2.34. The molecule has 0 amide bonds. The van der Waals surface area contributed by atoms with Crippen molar-refractivity contribution in [3.63, 3.8) is 0 Å². The predicted octanol–water partition coefficient (Wildman–Crippen LogP) is 3.27. The van der Waals surface area contributed by atoms with Crippen molar-refractivity contribution >= 4 is 12.0 Å². The van der Waals surface area contributed by atoms with Crippen molar-refractivity contribution in [3.05, 3.63) is 53.1 Å². The number of carbonyl (C=O) groups is 1. The van der Waals surface area contributed by atoms with Gasteiger partial charge in [0, 0.05) is 11.5 Å². The number of rotatable bonds is 5. The number of hydrogen-bond acceptors (Lipinski definition) is 6. The van der Waals surface area contributed by atoms with Gasteiger partial charge in [0.2, 0.25) is 0 Å². The Kier molecular flexibility index (Phi) is 5.10. The lowest BCUT2D eigenvalue weighted by atomic mass is 9.92. The highest BCUT2D eigenvalue weighted by atomic mass is 16.6. The topological polar surface area (TPSA) is 63.2 Å². The van der Waals surface area contributed by atoms with Crippen LogP contribution in [0.3, 0.4) is 0 Å². The van der Waals surface area contributed by atoms with E-state index in [1.165, 1.54) is 0 Å². The van der Waals surface area contributed by atoms with E-state index in [1.807, 2.05) is 42.5 Å². The Balaban J connectivity index is 1.58. The lowest BCUT2D eigenvalue weighted by Gasteiger charge is -2.19. The zero-order chi connectivity index (χ0) is 19.5. The van der Waals surface area contributed by atoms with Crippen LogP contribution in [0.5, 0.6) is 23.0 Å². The lowest BCUT2D eigenvalue weighted by Crippen LogP contribution is -2.15. The smallest absolute Gasteiger partial charge is 0.334 e. The maximum atomic E-state index is 12.3. The SMILES string of the molecule is COc1ccc(C=C2C(=O)OCC2Cc2ccc3c(c2)OCCO3)cc1OC. The number of benzene rings is 2. The van der Waals surface area contributed by atoms with Gasteiger partial charge >= 0.3 is 5.97 Å². The van der Waals surface area contributed by atoms with Gasteiger partial charge in [0.25, 0.3) is 0 Å². The summed E-state index contributed by atoms with van der Waals surface area (Å²) in [5, 5.41) is 0. The van der Waals surface area contributed by atoms with E-state index in [1.54, 1.807) is 14.2 Å². The van der Waals surface area contributed by atoms with Crippen LogP contribution in [0, 0.1) is 5.92 Å². The molecule has 0 spiro atoms. The molecule has 0 radical (unpaired) electrons. The summed E-state index contributed by atoms with van der Waals surface area (Å²) in [5.74, 6) is 2.47. The van der Waals surface area contributed by atoms with E-state index < -0.39 is 0 Å². The normalized spacial score (nSPS) is 19.4. The molecule has 6 nitrogen and oxygen atoms in total. The van der Waals surface area contributed by atoms with Gasteiger partial charge in [0.15, 0.2) is 23.0 Å². The van der Waals surface area contributed by atoms with E-state index in [2.05, 4.69) is 0 Å². The fraction of sp³-hybridized carbons (Fsp3) is 0.318. The monoisotopic (exact) mass is 382 g/mol. The molecule has 1 saturated heterocycles. The van der Waals surface area contributed by atoms with Crippen LogP contribution < -0.4 is 18.9 Å². The first-order valence-corrected chi connectivity index (χ1v) is 9.17. The van der Waals surface area contributed by atoms with Crippen LogP contribution in [0.15, 0.2) is 42.0 Å². The van der Waals surface area contributed by atoms with Gasteiger partial charge in [-0.3, -0.25) is 0 Å². The predicted molar refractivity (Wildman–Crippen MR) is 103 cm³/mol. The second-order valence-electron chi connectivity index (χ2n) is 6.69. The Morgan fingerprint density at radius 3 is 2.54 bits per heavy atom. The molecular formula is C22H22O6. The zero-order valence-corrected chi connectivity index (χ0v) is 15.9. The van der Waals surface area contributed by atoms with Crippen LogP contribution in [-0.2, 0) is 16.0 Å². The first-order chi connectivity index (χ1) is 13.7. The molecule has 6 heteroatoms. The molecule has 1 atom stereocenters. The average molecular weight is 382 g/mol. The first-order valence-electron chi connectivity index (χ1n) is 9.17. The minimum Gasteiger partial charge on any atom is -0.493 e. The van der Waals surface area contributed by atoms with E-state index >= 15 is 0 Å². The van der Waals surface area contributed by atoms with Crippen molar-refractivity contribution in [2.24, 2.45) is 5.92 Å². The van der Waals surface area contributed by atoms with Crippen LogP contribution in [0.1, 0.15) is 11.1 Å². The molecule has 2 heterocycles. The van der Waals surface area contributed by atoms with Gasteiger partial charge in [-0.1, -0.05) is 12.1 Å². The molecule has 0 N–H and O–H groups in total. The third kappa shape index (κ3) is 3.63. The molecular weight excluding hydrogens is 360 g/mol. The number of fused-ring (bicyclic) bond motifs is 1. The summed E-state index contributed by atoms with van der Waals surface area (Å²) in [6.07, 6.45) is 2.54. The fourth-order valence-corrected chi connectivity index (χ4v) is 3.48. The highest BCUT2D eigenvalue weighted by molar-refractivity contribution is 5.96. The summed E-state index contributed by atoms with van der Waals surface area (Å²) in [6, 6.07) is 11.5. The minimum atomic E-state index is -0.280. The van der Waals surface area contributed by atoms with Crippen molar-refractivity contribution < 1.29 is 28.5 Å².